The van der Waals surface area contributed by atoms with Gasteiger partial charge in [-0.15, -0.1) is 0 Å². The molecule has 0 radical (unpaired) electrons. The lowest BCUT2D eigenvalue weighted by Gasteiger charge is -2.44. The average molecular weight is 270 g/mol. The van der Waals surface area contributed by atoms with Crippen molar-refractivity contribution < 1.29 is 0 Å². The molecule has 1 aliphatic carbocycles. The van der Waals surface area contributed by atoms with Crippen LogP contribution in [0, 0.1) is 5.92 Å². The van der Waals surface area contributed by atoms with Crippen molar-refractivity contribution in [2.45, 2.75) is 63.3 Å². The highest BCUT2D eigenvalue weighted by Gasteiger charge is 2.32. The molecule has 2 rings (SSSR count). The van der Waals surface area contributed by atoms with Crippen molar-refractivity contribution in [1.29, 1.82) is 0 Å². The van der Waals surface area contributed by atoms with E-state index in [-0.39, 0.29) is 0 Å². The van der Waals surface area contributed by atoms with Crippen LogP contribution in [0.5, 0.6) is 0 Å². The van der Waals surface area contributed by atoms with E-state index in [0.29, 0.717) is 0 Å². The molecule has 3 heteroatoms. The first-order valence-corrected chi connectivity index (χ1v) is 8.99. The standard InChI is InChI=1S/C15H30N2S/c1-12(2)10-13-11-17(9-8-16-13)14-6-4-5-7-15(14)18-3/h12-16H,4-11H2,1-3H3. The van der Waals surface area contributed by atoms with Gasteiger partial charge in [0.05, 0.1) is 0 Å². The van der Waals surface area contributed by atoms with Crippen LogP contribution in [0.15, 0.2) is 0 Å². The second-order valence-electron chi connectivity index (χ2n) is 6.40. The highest BCUT2D eigenvalue weighted by molar-refractivity contribution is 7.99. The molecule has 1 aliphatic heterocycles. The summed E-state index contributed by atoms with van der Waals surface area (Å²) in [5.41, 5.74) is 0. The molecule has 2 aliphatic rings. The summed E-state index contributed by atoms with van der Waals surface area (Å²) in [6.45, 7) is 8.41. The van der Waals surface area contributed by atoms with Crippen LogP contribution in [0.2, 0.25) is 0 Å². The molecule has 1 heterocycles. The molecule has 0 bridgehead atoms. The number of rotatable bonds is 4. The smallest absolute Gasteiger partial charge is 0.0215 e. The van der Waals surface area contributed by atoms with Crippen molar-refractivity contribution in [3.8, 4) is 0 Å². The van der Waals surface area contributed by atoms with Gasteiger partial charge in [0.2, 0.25) is 0 Å². The maximum Gasteiger partial charge on any atom is 0.0215 e. The van der Waals surface area contributed by atoms with Crippen molar-refractivity contribution in [3.05, 3.63) is 0 Å². The molecular weight excluding hydrogens is 240 g/mol. The second kappa shape index (κ2) is 7.16. The molecule has 3 unspecified atom stereocenters. The van der Waals surface area contributed by atoms with Crippen molar-refractivity contribution in [2.75, 3.05) is 25.9 Å². The summed E-state index contributed by atoms with van der Waals surface area (Å²) in [5.74, 6) is 0.810. The predicted molar refractivity (Wildman–Crippen MR) is 82.4 cm³/mol. The number of piperazine rings is 1. The highest BCUT2D eigenvalue weighted by atomic mass is 32.2. The number of hydrogen-bond acceptors (Lipinski definition) is 3. The quantitative estimate of drug-likeness (QED) is 0.845. The normalized spacial score (nSPS) is 35.0. The van der Waals surface area contributed by atoms with E-state index in [9.17, 15) is 0 Å². The minimum absolute atomic E-state index is 0.725. The van der Waals surface area contributed by atoms with Crippen molar-refractivity contribution in [2.24, 2.45) is 5.92 Å². The molecule has 0 aromatic rings. The van der Waals surface area contributed by atoms with Gasteiger partial charge in [-0.05, 0) is 31.4 Å². The Morgan fingerprint density at radius 1 is 1.28 bits per heavy atom. The molecule has 0 aromatic heterocycles. The Morgan fingerprint density at radius 3 is 2.78 bits per heavy atom. The van der Waals surface area contributed by atoms with E-state index < -0.39 is 0 Å². The highest BCUT2D eigenvalue weighted by Crippen LogP contribution is 2.31. The number of nitrogens with zero attached hydrogens (tertiary/aromatic N) is 1. The Hall–Kier alpha value is 0.270. The summed E-state index contributed by atoms with van der Waals surface area (Å²) in [4.78, 5) is 2.80. The van der Waals surface area contributed by atoms with E-state index in [1.165, 1.54) is 51.7 Å². The molecule has 106 valence electrons. The third-order valence-electron chi connectivity index (χ3n) is 4.48. The summed E-state index contributed by atoms with van der Waals surface area (Å²) in [6, 6.07) is 1.58. The molecule has 0 aromatic carbocycles. The zero-order valence-electron chi connectivity index (χ0n) is 12.3. The number of nitrogens with one attached hydrogen (secondary N) is 1. The van der Waals surface area contributed by atoms with Crippen LogP contribution in [0.25, 0.3) is 0 Å². The first-order chi connectivity index (χ1) is 8.70. The van der Waals surface area contributed by atoms with Crippen LogP contribution >= 0.6 is 11.8 Å². The first kappa shape index (κ1) is 14.7. The van der Waals surface area contributed by atoms with E-state index in [4.69, 9.17) is 0 Å². The predicted octanol–water partition coefficient (Wildman–Crippen LogP) is 2.98. The fourth-order valence-electron chi connectivity index (χ4n) is 3.65. The molecule has 0 amide bonds. The first-order valence-electron chi connectivity index (χ1n) is 7.71. The average Bonchev–Trinajstić information content (AvgIpc) is 2.38. The summed E-state index contributed by atoms with van der Waals surface area (Å²) in [5, 5.41) is 4.59. The van der Waals surface area contributed by atoms with Gasteiger partial charge in [0.15, 0.2) is 0 Å². The summed E-state index contributed by atoms with van der Waals surface area (Å²) >= 11 is 2.10. The maximum absolute atomic E-state index is 3.70. The van der Waals surface area contributed by atoms with E-state index in [0.717, 1.165) is 23.3 Å². The van der Waals surface area contributed by atoms with Crippen LogP contribution in [0.4, 0.5) is 0 Å². The largest absolute Gasteiger partial charge is 0.311 e. The molecule has 1 saturated carbocycles. The molecule has 1 saturated heterocycles. The molecule has 2 fully saturated rings. The van der Waals surface area contributed by atoms with Crippen molar-refractivity contribution >= 4 is 11.8 Å². The van der Waals surface area contributed by atoms with Crippen LogP contribution in [-0.2, 0) is 0 Å². The molecule has 2 nitrogen and oxygen atoms in total. The molecule has 18 heavy (non-hydrogen) atoms. The zero-order valence-corrected chi connectivity index (χ0v) is 13.1. The third kappa shape index (κ3) is 3.88. The zero-order chi connectivity index (χ0) is 13.0. The van der Waals surface area contributed by atoms with Crippen LogP contribution in [0.3, 0.4) is 0 Å². The summed E-state index contributed by atoms with van der Waals surface area (Å²) < 4.78 is 0. The Morgan fingerprint density at radius 2 is 2.06 bits per heavy atom. The lowest BCUT2D eigenvalue weighted by molar-refractivity contribution is 0.113. The second-order valence-corrected chi connectivity index (χ2v) is 7.48. The van der Waals surface area contributed by atoms with Gasteiger partial charge < -0.3 is 5.32 Å². The Bertz CT molecular complexity index is 245. The fourth-order valence-corrected chi connectivity index (χ4v) is 4.67. The number of thioether (sulfide) groups is 1. The summed E-state index contributed by atoms with van der Waals surface area (Å²) in [6.07, 6.45) is 9.39. The third-order valence-corrected chi connectivity index (χ3v) is 5.64. The van der Waals surface area contributed by atoms with E-state index in [2.05, 4.69) is 42.1 Å². The Kier molecular flexibility index (Phi) is 5.84. The SMILES string of the molecule is CSC1CCCCC1N1CCNC(CC(C)C)C1. The molecule has 0 spiro atoms. The van der Waals surface area contributed by atoms with Crippen molar-refractivity contribution in [1.82, 2.24) is 10.2 Å². The Labute approximate surface area is 117 Å². The topological polar surface area (TPSA) is 15.3 Å². The van der Waals surface area contributed by atoms with E-state index in [1.807, 2.05) is 0 Å². The van der Waals surface area contributed by atoms with E-state index >= 15 is 0 Å². The van der Waals surface area contributed by atoms with Gasteiger partial charge in [-0.25, -0.2) is 0 Å². The molecular formula is C15H30N2S. The molecule has 3 atom stereocenters. The number of hydrogen-bond donors (Lipinski definition) is 1. The monoisotopic (exact) mass is 270 g/mol. The minimum atomic E-state index is 0.725. The lowest BCUT2D eigenvalue weighted by atomic mass is 9.92. The van der Waals surface area contributed by atoms with Gasteiger partial charge in [0.25, 0.3) is 0 Å². The van der Waals surface area contributed by atoms with Gasteiger partial charge in [-0.2, -0.15) is 11.8 Å². The minimum Gasteiger partial charge on any atom is -0.311 e. The van der Waals surface area contributed by atoms with Gasteiger partial charge >= 0.3 is 0 Å². The van der Waals surface area contributed by atoms with Gasteiger partial charge in [0.1, 0.15) is 0 Å². The van der Waals surface area contributed by atoms with Crippen molar-refractivity contribution in [3.63, 3.8) is 0 Å². The van der Waals surface area contributed by atoms with Gasteiger partial charge in [-0.1, -0.05) is 26.7 Å². The van der Waals surface area contributed by atoms with Gasteiger partial charge in [0, 0.05) is 37.0 Å². The van der Waals surface area contributed by atoms with Crippen LogP contribution in [-0.4, -0.2) is 48.1 Å². The van der Waals surface area contributed by atoms with E-state index in [1.54, 1.807) is 0 Å². The lowest BCUT2D eigenvalue weighted by Crippen LogP contribution is -2.57. The molecule has 1 N–H and O–H groups in total. The Balaban J connectivity index is 1.90. The van der Waals surface area contributed by atoms with Crippen LogP contribution in [0.1, 0.15) is 46.0 Å². The maximum atomic E-state index is 3.70. The summed E-state index contributed by atoms with van der Waals surface area (Å²) in [7, 11) is 0. The fraction of sp³-hybridized carbons (Fsp3) is 1.00. The van der Waals surface area contributed by atoms with Crippen LogP contribution < -0.4 is 5.32 Å². The van der Waals surface area contributed by atoms with Gasteiger partial charge in [-0.3, -0.25) is 4.90 Å².